The fourth-order valence-electron chi connectivity index (χ4n) is 4.59. The molecule has 3 aliphatic rings. The molecule has 3 N–H and O–H groups in total. The first-order valence-corrected chi connectivity index (χ1v) is 9.56. The first kappa shape index (κ1) is 17.8. The average Bonchev–Trinajstić information content (AvgIpc) is 2.58. The summed E-state index contributed by atoms with van der Waals surface area (Å²) in [6.07, 6.45) is 2.80. The van der Waals surface area contributed by atoms with Crippen molar-refractivity contribution in [3.8, 4) is 0 Å². The van der Waals surface area contributed by atoms with Crippen LogP contribution < -0.4 is 16.0 Å². The number of carbonyl (C=O) groups excluding carboxylic acids is 1. The minimum atomic E-state index is -0.188. The molecule has 6 heteroatoms. The molecule has 3 saturated carbocycles. The van der Waals surface area contributed by atoms with Gasteiger partial charge in [0.05, 0.1) is 17.7 Å². The SMILES string of the molecule is CCN(C)c1cc(CNC(=O)C23CC(c4ccc(N)cc4)(C2)C3)nc(C)n1. The number of anilines is 2. The summed E-state index contributed by atoms with van der Waals surface area (Å²) in [5.74, 6) is 1.77. The molecule has 3 fully saturated rings. The second-order valence-corrected chi connectivity index (χ2v) is 8.17. The second-order valence-electron chi connectivity index (χ2n) is 8.17. The Hall–Kier alpha value is -2.63. The van der Waals surface area contributed by atoms with Crippen LogP contribution in [-0.4, -0.2) is 29.5 Å². The van der Waals surface area contributed by atoms with E-state index in [0.29, 0.717) is 6.54 Å². The third kappa shape index (κ3) is 2.93. The molecule has 27 heavy (non-hydrogen) atoms. The fourth-order valence-corrected chi connectivity index (χ4v) is 4.59. The van der Waals surface area contributed by atoms with Crippen molar-refractivity contribution >= 4 is 17.4 Å². The van der Waals surface area contributed by atoms with Gasteiger partial charge in [-0.25, -0.2) is 9.97 Å². The molecule has 3 aliphatic carbocycles. The zero-order valence-electron chi connectivity index (χ0n) is 16.2. The number of rotatable bonds is 6. The van der Waals surface area contributed by atoms with Crippen LogP contribution in [0.15, 0.2) is 30.3 Å². The third-order valence-corrected chi connectivity index (χ3v) is 6.21. The van der Waals surface area contributed by atoms with Crippen molar-refractivity contribution < 1.29 is 4.79 Å². The van der Waals surface area contributed by atoms with Crippen molar-refractivity contribution in [2.45, 2.75) is 45.1 Å². The predicted octanol–water partition coefficient (Wildman–Crippen LogP) is 2.56. The van der Waals surface area contributed by atoms with Crippen LogP contribution in [0, 0.1) is 12.3 Å². The highest BCUT2D eigenvalue weighted by Crippen LogP contribution is 2.73. The molecule has 1 aromatic carbocycles. The smallest absolute Gasteiger partial charge is 0.226 e. The number of amides is 1. The molecule has 6 nitrogen and oxygen atoms in total. The Morgan fingerprint density at radius 2 is 1.89 bits per heavy atom. The Labute approximate surface area is 160 Å². The van der Waals surface area contributed by atoms with Crippen LogP contribution in [0.4, 0.5) is 11.5 Å². The molecule has 0 spiro atoms. The first-order chi connectivity index (χ1) is 12.9. The maximum absolute atomic E-state index is 12.8. The molecule has 0 saturated heterocycles. The van der Waals surface area contributed by atoms with E-state index in [1.54, 1.807) is 0 Å². The van der Waals surface area contributed by atoms with E-state index >= 15 is 0 Å². The number of hydrogen-bond acceptors (Lipinski definition) is 5. The van der Waals surface area contributed by atoms with Crippen molar-refractivity contribution in [3.05, 3.63) is 47.4 Å². The summed E-state index contributed by atoms with van der Waals surface area (Å²) < 4.78 is 0. The molecular formula is C21H27N5O. The summed E-state index contributed by atoms with van der Waals surface area (Å²) in [6, 6.07) is 10.1. The largest absolute Gasteiger partial charge is 0.399 e. The normalized spacial score (nSPS) is 25.3. The van der Waals surface area contributed by atoms with Crippen LogP contribution in [0.5, 0.6) is 0 Å². The van der Waals surface area contributed by atoms with Gasteiger partial charge in [-0.15, -0.1) is 0 Å². The number of hydrogen-bond donors (Lipinski definition) is 2. The number of nitrogens with zero attached hydrogens (tertiary/aromatic N) is 3. The van der Waals surface area contributed by atoms with Gasteiger partial charge in [-0.05, 0) is 56.2 Å². The van der Waals surface area contributed by atoms with Crippen molar-refractivity contribution in [3.63, 3.8) is 0 Å². The number of nitrogen functional groups attached to an aromatic ring is 1. The molecule has 0 atom stereocenters. The summed E-state index contributed by atoms with van der Waals surface area (Å²) in [6.45, 7) is 5.29. The van der Waals surface area contributed by atoms with Crippen molar-refractivity contribution in [1.82, 2.24) is 15.3 Å². The Morgan fingerprint density at radius 1 is 1.22 bits per heavy atom. The molecule has 142 valence electrons. The van der Waals surface area contributed by atoms with E-state index in [1.807, 2.05) is 32.2 Å². The van der Waals surface area contributed by atoms with Crippen LogP contribution in [0.25, 0.3) is 0 Å². The standard InChI is InChI=1S/C21H27N5O/c1-4-26(3)18-9-17(24-14(2)25-18)10-23-19(27)21-11-20(12-21,13-21)15-5-7-16(22)8-6-15/h5-9H,4,10-13,22H2,1-3H3,(H,23,27). The summed E-state index contributed by atoms with van der Waals surface area (Å²) in [5, 5.41) is 3.10. The Bertz CT molecular complexity index is 857. The second kappa shape index (κ2) is 6.22. The van der Waals surface area contributed by atoms with E-state index in [0.717, 1.165) is 48.8 Å². The number of nitrogens with one attached hydrogen (secondary N) is 1. The van der Waals surface area contributed by atoms with Gasteiger partial charge in [-0.2, -0.15) is 0 Å². The lowest BCUT2D eigenvalue weighted by Crippen LogP contribution is -2.69. The van der Waals surface area contributed by atoms with E-state index in [4.69, 9.17) is 5.73 Å². The molecular weight excluding hydrogens is 338 g/mol. The van der Waals surface area contributed by atoms with E-state index in [9.17, 15) is 4.79 Å². The van der Waals surface area contributed by atoms with E-state index in [2.05, 4.69) is 39.2 Å². The lowest BCUT2D eigenvalue weighted by Gasteiger charge is -2.69. The lowest BCUT2D eigenvalue weighted by molar-refractivity contribution is -0.176. The van der Waals surface area contributed by atoms with Gasteiger partial charge < -0.3 is 16.0 Å². The van der Waals surface area contributed by atoms with Gasteiger partial charge in [0, 0.05) is 25.3 Å². The molecule has 1 aromatic heterocycles. The number of aryl methyl sites for hydroxylation is 1. The first-order valence-electron chi connectivity index (χ1n) is 9.56. The molecule has 0 unspecified atom stereocenters. The number of carbonyl (C=O) groups is 1. The van der Waals surface area contributed by atoms with E-state index < -0.39 is 0 Å². The summed E-state index contributed by atoms with van der Waals surface area (Å²) >= 11 is 0. The van der Waals surface area contributed by atoms with Crippen LogP contribution in [0.1, 0.15) is 43.3 Å². The van der Waals surface area contributed by atoms with Crippen molar-refractivity contribution in [2.24, 2.45) is 5.41 Å². The highest BCUT2D eigenvalue weighted by Gasteiger charge is 2.71. The minimum absolute atomic E-state index is 0.154. The molecule has 0 aliphatic heterocycles. The zero-order valence-corrected chi connectivity index (χ0v) is 16.2. The zero-order chi connectivity index (χ0) is 19.2. The molecule has 2 aromatic rings. The predicted molar refractivity (Wildman–Crippen MR) is 106 cm³/mol. The topological polar surface area (TPSA) is 84.1 Å². The number of benzene rings is 1. The fraction of sp³-hybridized carbons (Fsp3) is 0.476. The molecule has 1 amide bonds. The summed E-state index contributed by atoms with van der Waals surface area (Å²) in [5.41, 5.74) is 8.73. The number of nitrogens with two attached hydrogens (primary N) is 1. The highest BCUT2D eigenvalue weighted by atomic mass is 16.2. The van der Waals surface area contributed by atoms with Gasteiger partial charge in [-0.3, -0.25) is 4.79 Å². The molecule has 5 rings (SSSR count). The Kier molecular flexibility index (Phi) is 4.09. The van der Waals surface area contributed by atoms with Crippen LogP contribution in [0.2, 0.25) is 0 Å². The van der Waals surface area contributed by atoms with Crippen LogP contribution >= 0.6 is 0 Å². The highest BCUT2D eigenvalue weighted by molar-refractivity contribution is 5.87. The van der Waals surface area contributed by atoms with E-state index in [-0.39, 0.29) is 16.7 Å². The average molecular weight is 365 g/mol. The Balaban J connectivity index is 1.37. The maximum atomic E-state index is 12.8. The molecule has 1 heterocycles. The Morgan fingerprint density at radius 3 is 2.52 bits per heavy atom. The molecule has 0 radical (unpaired) electrons. The van der Waals surface area contributed by atoms with Gasteiger partial charge in [0.25, 0.3) is 0 Å². The summed E-state index contributed by atoms with van der Waals surface area (Å²) in [7, 11) is 2.00. The summed E-state index contributed by atoms with van der Waals surface area (Å²) in [4.78, 5) is 23.8. The van der Waals surface area contributed by atoms with Crippen molar-refractivity contribution in [1.29, 1.82) is 0 Å². The maximum Gasteiger partial charge on any atom is 0.226 e. The van der Waals surface area contributed by atoms with Gasteiger partial charge in [0.2, 0.25) is 5.91 Å². The lowest BCUT2D eigenvalue weighted by atomic mass is 9.33. The van der Waals surface area contributed by atoms with Crippen LogP contribution in [0.3, 0.4) is 0 Å². The molecule has 2 bridgehead atoms. The van der Waals surface area contributed by atoms with Gasteiger partial charge in [0.1, 0.15) is 11.6 Å². The van der Waals surface area contributed by atoms with Crippen LogP contribution in [-0.2, 0) is 16.8 Å². The number of aromatic nitrogens is 2. The minimum Gasteiger partial charge on any atom is -0.399 e. The third-order valence-electron chi connectivity index (χ3n) is 6.21. The van der Waals surface area contributed by atoms with Gasteiger partial charge in [0.15, 0.2) is 0 Å². The van der Waals surface area contributed by atoms with Gasteiger partial charge >= 0.3 is 0 Å². The van der Waals surface area contributed by atoms with Crippen molar-refractivity contribution in [2.75, 3.05) is 24.2 Å². The quantitative estimate of drug-likeness (QED) is 0.769. The monoisotopic (exact) mass is 365 g/mol. The van der Waals surface area contributed by atoms with Gasteiger partial charge in [-0.1, -0.05) is 12.1 Å². The van der Waals surface area contributed by atoms with E-state index in [1.165, 1.54) is 5.56 Å².